The fraction of sp³-hybridized carbons (Fsp3) is 0. The Morgan fingerprint density at radius 1 is 1.25 bits per heavy atom. The average molecular weight is 272 g/mol. The van der Waals surface area contributed by atoms with Crippen molar-refractivity contribution in [2.45, 2.75) is 0 Å². The van der Waals surface area contributed by atoms with Gasteiger partial charge >= 0.3 is 0 Å². The van der Waals surface area contributed by atoms with Gasteiger partial charge in [-0.2, -0.15) is 5.10 Å². The van der Waals surface area contributed by atoms with Crippen LogP contribution in [-0.4, -0.2) is 15.4 Å². The molecule has 0 radical (unpaired) electrons. The van der Waals surface area contributed by atoms with Gasteiger partial charge in [0, 0.05) is 6.07 Å². The molecule has 0 saturated carbocycles. The number of rotatable bonds is 2. The standard InChI is InChI=1S/C13H9FN4O2/c14-8-3-1-2-7(6-8)11-12(20-18-13(11)15)9-4-5-10(19)17-16-9/h1-6H,(H2,15,18)(H,17,19). The van der Waals surface area contributed by atoms with Gasteiger partial charge in [-0.1, -0.05) is 17.3 Å². The Kier molecular flexibility index (Phi) is 2.79. The third-order valence-corrected chi connectivity index (χ3v) is 2.74. The Labute approximate surface area is 112 Å². The average Bonchev–Trinajstić information content (AvgIpc) is 2.81. The van der Waals surface area contributed by atoms with Crippen molar-refractivity contribution in [3.8, 4) is 22.6 Å². The van der Waals surface area contributed by atoms with Crippen LogP contribution in [0.5, 0.6) is 0 Å². The lowest BCUT2D eigenvalue weighted by Crippen LogP contribution is -2.05. The van der Waals surface area contributed by atoms with Crippen LogP contribution in [-0.2, 0) is 0 Å². The maximum Gasteiger partial charge on any atom is 0.264 e. The van der Waals surface area contributed by atoms with Crippen LogP contribution in [0.1, 0.15) is 0 Å². The van der Waals surface area contributed by atoms with Crippen molar-refractivity contribution >= 4 is 5.82 Å². The van der Waals surface area contributed by atoms with Crippen LogP contribution in [0.25, 0.3) is 22.6 Å². The molecule has 0 aliphatic heterocycles. The van der Waals surface area contributed by atoms with Crippen LogP contribution in [0.4, 0.5) is 10.2 Å². The highest BCUT2D eigenvalue weighted by Crippen LogP contribution is 2.35. The molecule has 100 valence electrons. The molecule has 2 aromatic heterocycles. The van der Waals surface area contributed by atoms with Gasteiger partial charge in [-0.05, 0) is 23.8 Å². The molecule has 0 amide bonds. The minimum atomic E-state index is -0.400. The molecule has 7 heteroatoms. The third-order valence-electron chi connectivity index (χ3n) is 2.74. The molecular weight excluding hydrogens is 263 g/mol. The van der Waals surface area contributed by atoms with Gasteiger partial charge < -0.3 is 10.3 Å². The number of nitrogens with one attached hydrogen (secondary N) is 1. The summed E-state index contributed by atoms with van der Waals surface area (Å²) in [6.07, 6.45) is 0. The quantitative estimate of drug-likeness (QED) is 0.741. The smallest absolute Gasteiger partial charge is 0.264 e. The summed E-state index contributed by atoms with van der Waals surface area (Å²) in [5.41, 5.74) is 6.73. The zero-order chi connectivity index (χ0) is 14.1. The van der Waals surface area contributed by atoms with E-state index in [1.54, 1.807) is 12.1 Å². The summed E-state index contributed by atoms with van der Waals surface area (Å²) in [4.78, 5) is 11.0. The Morgan fingerprint density at radius 3 is 2.80 bits per heavy atom. The lowest BCUT2D eigenvalue weighted by molar-refractivity contribution is 0.434. The summed E-state index contributed by atoms with van der Waals surface area (Å²) < 4.78 is 18.5. The van der Waals surface area contributed by atoms with E-state index in [-0.39, 0.29) is 17.1 Å². The van der Waals surface area contributed by atoms with Gasteiger partial charge in [0.15, 0.2) is 11.6 Å². The maximum absolute atomic E-state index is 13.3. The third kappa shape index (κ3) is 2.05. The van der Waals surface area contributed by atoms with Crippen LogP contribution in [0.2, 0.25) is 0 Å². The highest BCUT2D eigenvalue weighted by atomic mass is 19.1. The normalized spacial score (nSPS) is 10.7. The van der Waals surface area contributed by atoms with Crippen molar-refractivity contribution in [3.05, 3.63) is 52.6 Å². The van der Waals surface area contributed by atoms with E-state index in [1.165, 1.54) is 24.3 Å². The van der Waals surface area contributed by atoms with Gasteiger partial charge in [-0.15, -0.1) is 0 Å². The van der Waals surface area contributed by atoms with E-state index in [2.05, 4.69) is 15.4 Å². The molecule has 0 aliphatic rings. The number of hydrogen-bond donors (Lipinski definition) is 2. The molecular formula is C13H9FN4O2. The van der Waals surface area contributed by atoms with Gasteiger partial charge in [0.05, 0.1) is 5.56 Å². The Hall–Kier alpha value is -2.96. The number of nitrogens with zero attached hydrogens (tertiary/aromatic N) is 2. The molecule has 0 aliphatic carbocycles. The number of H-pyrrole nitrogens is 1. The number of nitrogens with two attached hydrogens (primary N) is 1. The lowest BCUT2D eigenvalue weighted by Gasteiger charge is -2.02. The molecule has 3 N–H and O–H groups in total. The predicted octanol–water partition coefficient (Wildman–Crippen LogP) is 1.81. The van der Waals surface area contributed by atoms with E-state index in [1.807, 2.05) is 0 Å². The van der Waals surface area contributed by atoms with Crippen LogP contribution >= 0.6 is 0 Å². The first-order chi connectivity index (χ1) is 9.65. The number of halogens is 1. The van der Waals surface area contributed by atoms with E-state index >= 15 is 0 Å². The number of aromatic nitrogens is 3. The van der Waals surface area contributed by atoms with Crippen molar-refractivity contribution in [1.29, 1.82) is 0 Å². The summed E-state index contributed by atoms with van der Waals surface area (Å²) in [6, 6.07) is 8.66. The first kappa shape index (κ1) is 12.1. The lowest BCUT2D eigenvalue weighted by atomic mass is 10.0. The van der Waals surface area contributed by atoms with Crippen molar-refractivity contribution < 1.29 is 8.91 Å². The van der Waals surface area contributed by atoms with Crippen molar-refractivity contribution in [1.82, 2.24) is 15.4 Å². The number of nitrogen functional groups attached to an aromatic ring is 1. The zero-order valence-electron chi connectivity index (χ0n) is 10.1. The van der Waals surface area contributed by atoms with Crippen LogP contribution < -0.4 is 11.3 Å². The highest BCUT2D eigenvalue weighted by Gasteiger charge is 2.19. The molecule has 6 nitrogen and oxygen atoms in total. The summed E-state index contributed by atoms with van der Waals surface area (Å²) >= 11 is 0. The molecule has 0 bridgehead atoms. The van der Waals surface area contributed by atoms with Gasteiger partial charge in [0.1, 0.15) is 11.5 Å². The zero-order valence-corrected chi connectivity index (χ0v) is 10.1. The topological polar surface area (TPSA) is 97.8 Å². The van der Waals surface area contributed by atoms with Crippen molar-refractivity contribution in [2.75, 3.05) is 5.73 Å². The molecule has 0 fully saturated rings. The number of hydrogen-bond acceptors (Lipinski definition) is 5. The van der Waals surface area contributed by atoms with E-state index in [9.17, 15) is 9.18 Å². The molecule has 0 saturated heterocycles. The molecule has 20 heavy (non-hydrogen) atoms. The van der Waals surface area contributed by atoms with E-state index in [0.717, 1.165) is 0 Å². The van der Waals surface area contributed by atoms with Crippen molar-refractivity contribution in [3.63, 3.8) is 0 Å². The van der Waals surface area contributed by atoms with E-state index in [4.69, 9.17) is 10.3 Å². The van der Waals surface area contributed by atoms with E-state index in [0.29, 0.717) is 16.8 Å². The Morgan fingerprint density at radius 2 is 2.10 bits per heavy atom. The molecule has 1 aromatic carbocycles. The maximum atomic E-state index is 13.3. The van der Waals surface area contributed by atoms with Crippen molar-refractivity contribution in [2.24, 2.45) is 0 Å². The fourth-order valence-electron chi connectivity index (χ4n) is 1.87. The fourth-order valence-corrected chi connectivity index (χ4v) is 1.87. The monoisotopic (exact) mass is 272 g/mol. The van der Waals surface area contributed by atoms with Gasteiger partial charge in [0.25, 0.3) is 5.56 Å². The molecule has 0 unspecified atom stereocenters. The molecule has 3 aromatic rings. The summed E-state index contributed by atoms with van der Waals surface area (Å²) in [7, 11) is 0. The van der Waals surface area contributed by atoms with Gasteiger partial charge in [0.2, 0.25) is 0 Å². The summed E-state index contributed by atoms with van der Waals surface area (Å²) in [5, 5.41) is 9.81. The molecule has 0 atom stereocenters. The largest absolute Gasteiger partial charge is 0.380 e. The second-order valence-corrected chi connectivity index (χ2v) is 4.09. The highest BCUT2D eigenvalue weighted by molar-refractivity contribution is 5.85. The van der Waals surface area contributed by atoms with E-state index < -0.39 is 5.82 Å². The second-order valence-electron chi connectivity index (χ2n) is 4.09. The van der Waals surface area contributed by atoms with Gasteiger partial charge in [-0.25, -0.2) is 9.49 Å². The number of benzene rings is 1. The molecule has 2 heterocycles. The first-order valence-electron chi connectivity index (χ1n) is 5.72. The van der Waals surface area contributed by atoms with Gasteiger partial charge in [-0.3, -0.25) is 4.79 Å². The number of anilines is 1. The van der Waals surface area contributed by atoms with Crippen LogP contribution in [0.15, 0.2) is 45.7 Å². The summed E-state index contributed by atoms with van der Waals surface area (Å²) in [5.74, 6) is -0.00794. The first-order valence-corrected chi connectivity index (χ1v) is 5.72. The second kappa shape index (κ2) is 4.61. The Bertz CT molecular complexity index is 805. The SMILES string of the molecule is Nc1noc(-c2ccc(=O)[nH]n2)c1-c1cccc(F)c1. The van der Waals surface area contributed by atoms with Crippen LogP contribution in [0.3, 0.4) is 0 Å². The summed E-state index contributed by atoms with van der Waals surface area (Å²) in [6.45, 7) is 0. The predicted molar refractivity (Wildman–Crippen MR) is 70.2 cm³/mol. The molecule has 3 rings (SSSR count). The number of aromatic amines is 1. The van der Waals surface area contributed by atoms with Crippen LogP contribution in [0, 0.1) is 5.82 Å². The molecule has 0 spiro atoms. The Balaban J connectivity index is 2.19. The minimum absolute atomic E-state index is 0.124. The minimum Gasteiger partial charge on any atom is -0.380 e.